The summed E-state index contributed by atoms with van der Waals surface area (Å²) >= 11 is 0. The van der Waals surface area contributed by atoms with Crippen molar-refractivity contribution in [2.24, 2.45) is 0 Å². The zero-order valence-electron chi connectivity index (χ0n) is 14.8. The van der Waals surface area contributed by atoms with Crippen molar-refractivity contribution in [2.45, 2.75) is 24.8 Å². The van der Waals surface area contributed by atoms with Crippen molar-refractivity contribution >= 4 is 21.6 Å². The third-order valence-electron chi connectivity index (χ3n) is 3.60. The number of phenols is 1. The van der Waals surface area contributed by atoms with E-state index in [0.717, 1.165) is 5.56 Å². The van der Waals surface area contributed by atoms with Gasteiger partial charge in [-0.15, -0.1) is 0 Å². The van der Waals surface area contributed by atoms with E-state index in [1.54, 1.807) is 19.1 Å². The molecule has 1 atom stereocenters. The monoisotopic (exact) mass is 378 g/mol. The van der Waals surface area contributed by atoms with Gasteiger partial charge in [-0.25, -0.2) is 13.1 Å². The first-order valence-corrected chi connectivity index (χ1v) is 9.43. The summed E-state index contributed by atoms with van der Waals surface area (Å²) in [7, 11) is -2.21. The first kappa shape index (κ1) is 19.9. The second-order valence-electron chi connectivity index (χ2n) is 5.98. The van der Waals surface area contributed by atoms with Gasteiger partial charge in [0.25, 0.3) is 5.91 Å². The molecule has 0 aliphatic carbocycles. The summed E-state index contributed by atoms with van der Waals surface area (Å²) in [5.41, 5.74) is 1.42. The lowest BCUT2D eigenvalue weighted by molar-refractivity contribution is 0.102. The smallest absolute Gasteiger partial charge is 0.255 e. The minimum atomic E-state index is -3.70. The van der Waals surface area contributed by atoms with E-state index in [0.29, 0.717) is 0 Å². The molecule has 2 rings (SSSR count). The number of benzene rings is 2. The minimum Gasteiger partial charge on any atom is -0.506 e. The molecule has 0 fully saturated rings. The average molecular weight is 378 g/mol. The fraction of sp³-hybridized carbons (Fsp3) is 0.278. The Morgan fingerprint density at radius 1 is 1.19 bits per heavy atom. The Morgan fingerprint density at radius 2 is 1.85 bits per heavy atom. The highest BCUT2D eigenvalue weighted by atomic mass is 32.2. The number of nitrogens with one attached hydrogen (secondary N) is 2. The fourth-order valence-corrected chi connectivity index (χ4v) is 3.57. The van der Waals surface area contributed by atoms with Crippen molar-refractivity contribution < 1.29 is 23.1 Å². The van der Waals surface area contributed by atoms with Crippen LogP contribution in [0.15, 0.2) is 47.4 Å². The number of amides is 1. The SMILES string of the molecule is COC[C@@H](C)NS(=O)(=O)c1ccc(C(=O)Nc2ccc(C)cc2O)cc1. The number of rotatable bonds is 7. The molecule has 8 heteroatoms. The van der Waals surface area contributed by atoms with E-state index in [-0.39, 0.29) is 34.5 Å². The van der Waals surface area contributed by atoms with Crippen LogP contribution in [0, 0.1) is 6.92 Å². The van der Waals surface area contributed by atoms with E-state index < -0.39 is 15.9 Å². The van der Waals surface area contributed by atoms with Crippen LogP contribution in [0.4, 0.5) is 5.69 Å². The highest BCUT2D eigenvalue weighted by Crippen LogP contribution is 2.24. The molecule has 2 aromatic rings. The van der Waals surface area contributed by atoms with Gasteiger partial charge in [0, 0.05) is 18.7 Å². The van der Waals surface area contributed by atoms with Crippen LogP contribution in [0.25, 0.3) is 0 Å². The van der Waals surface area contributed by atoms with Crippen LogP contribution in [0.2, 0.25) is 0 Å². The molecule has 0 aliphatic heterocycles. The molecular weight excluding hydrogens is 356 g/mol. The van der Waals surface area contributed by atoms with Crippen LogP contribution >= 0.6 is 0 Å². The number of aryl methyl sites for hydroxylation is 1. The molecule has 0 saturated carbocycles. The lowest BCUT2D eigenvalue weighted by Gasteiger charge is -2.13. The summed E-state index contributed by atoms with van der Waals surface area (Å²) in [5, 5.41) is 12.4. The number of ether oxygens (including phenoxy) is 1. The van der Waals surface area contributed by atoms with Gasteiger partial charge < -0.3 is 15.2 Å². The molecule has 3 N–H and O–H groups in total. The third kappa shape index (κ3) is 5.04. The summed E-state index contributed by atoms with van der Waals surface area (Å²) in [5.74, 6) is -0.484. The van der Waals surface area contributed by atoms with Crippen LogP contribution in [0.3, 0.4) is 0 Å². The van der Waals surface area contributed by atoms with Gasteiger partial charge in [0.1, 0.15) is 5.75 Å². The molecule has 1 amide bonds. The molecule has 0 heterocycles. The van der Waals surface area contributed by atoms with Gasteiger partial charge in [-0.05, 0) is 55.8 Å². The molecule has 0 aromatic heterocycles. The number of phenolic OH excluding ortho intramolecular Hbond substituents is 1. The molecule has 0 unspecified atom stereocenters. The second-order valence-corrected chi connectivity index (χ2v) is 7.69. The quantitative estimate of drug-likeness (QED) is 0.641. The molecule has 0 spiro atoms. The number of methoxy groups -OCH3 is 1. The van der Waals surface area contributed by atoms with E-state index >= 15 is 0 Å². The number of carbonyl (C=O) groups is 1. The summed E-state index contributed by atoms with van der Waals surface area (Å²) in [4.78, 5) is 12.3. The number of hydrogen-bond donors (Lipinski definition) is 3. The van der Waals surface area contributed by atoms with Gasteiger partial charge in [0.2, 0.25) is 10.0 Å². The maximum absolute atomic E-state index is 12.3. The van der Waals surface area contributed by atoms with Crippen LogP contribution in [-0.2, 0) is 14.8 Å². The third-order valence-corrected chi connectivity index (χ3v) is 5.21. The number of anilines is 1. The molecule has 0 saturated heterocycles. The number of aromatic hydroxyl groups is 1. The summed E-state index contributed by atoms with van der Waals surface area (Å²) in [6.07, 6.45) is 0. The van der Waals surface area contributed by atoms with Gasteiger partial charge >= 0.3 is 0 Å². The van der Waals surface area contributed by atoms with Crippen LogP contribution in [-0.4, -0.2) is 39.2 Å². The van der Waals surface area contributed by atoms with Gasteiger partial charge in [0.05, 0.1) is 17.2 Å². The van der Waals surface area contributed by atoms with Crippen LogP contribution < -0.4 is 10.0 Å². The van der Waals surface area contributed by atoms with Gasteiger partial charge in [-0.2, -0.15) is 0 Å². The van der Waals surface area contributed by atoms with Gasteiger partial charge in [-0.3, -0.25) is 4.79 Å². The molecular formula is C18H22N2O5S. The fourth-order valence-electron chi connectivity index (χ4n) is 2.34. The summed E-state index contributed by atoms with van der Waals surface area (Å²) < 4.78 is 31.9. The van der Waals surface area contributed by atoms with Gasteiger partial charge in [-0.1, -0.05) is 6.07 Å². The molecule has 0 bridgehead atoms. The van der Waals surface area contributed by atoms with Gasteiger partial charge in [0.15, 0.2) is 0 Å². The number of sulfonamides is 1. The van der Waals surface area contributed by atoms with Crippen molar-refractivity contribution in [3.8, 4) is 5.75 Å². The maximum Gasteiger partial charge on any atom is 0.255 e. The summed E-state index contributed by atoms with van der Waals surface area (Å²) in [6.45, 7) is 3.77. The highest BCUT2D eigenvalue weighted by molar-refractivity contribution is 7.89. The Morgan fingerprint density at radius 3 is 2.42 bits per heavy atom. The van der Waals surface area contributed by atoms with E-state index in [4.69, 9.17) is 4.74 Å². The van der Waals surface area contributed by atoms with E-state index in [1.165, 1.54) is 37.4 Å². The predicted octanol–water partition coefficient (Wildman–Crippen LogP) is 2.27. The van der Waals surface area contributed by atoms with Crippen molar-refractivity contribution in [3.63, 3.8) is 0 Å². The van der Waals surface area contributed by atoms with Crippen molar-refractivity contribution in [1.29, 1.82) is 0 Å². The Kier molecular flexibility index (Phi) is 6.36. The largest absolute Gasteiger partial charge is 0.506 e. The topological polar surface area (TPSA) is 105 Å². The Labute approximate surface area is 153 Å². The standard InChI is InChI=1S/C18H22N2O5S/c1-12-4-9-16(17(21)10-12)19-18(22)14-5-7-15(8-6-14)26(23,24)20-13(2)11-25-3/h4-10,13,20-21H,11H2,1-3H3,(H,19,22)/t13-/m1/s1. The average Bonchev–Trinajstić information content (AvgIpc) is 2.57. The normalized spacial score (nSPS) is 12.6. The molecule has 26 heavy (non-hydrogen) atoms. The molecule has 140 valence electrons. The number of hydrogen-bond acceptors (Lipinski definition) is 5. The van der Waals surface area contributed by atoms with Crippen molar-refractivity contribution in [3.05, 3.63) is 53.6 Å². The molecule has 0 radical (unpaired) electrons. The first-order chi connectivity index (χ1) is 12.2. The van der Waals surface area contributed by atoms with Crippen molar-refractivity contribution in [1.82, 2.24) is 4.72 Å². The lowest BCUT2D eigenvalue weighted by Crippen LogP contribution is -2.35. The second kappa shape index (κ2) is 8.31. The number of carbonyl (C=O) groups excluding carboxylic acids is 1. The Balaban J connectivity index is 2.12. The Hall–Kier alpha value is -2.42. The predicted molar refractivity (Wildman–Crippen MR) is 98.9 cm³/mol. The molecule has 0 aliphatic rings. The van der Waals surface area contributed by atoms with Crippen molar-refractivity contribution in [2.75, 3.05) is 19.0 Å². The summed E-state index contributed by atoms with van der Waals surface area (Å²) in [6, 6.07) is 10.1. The zero-order valence-corrected chi connectivity index (χ0v) is 15.6. The highest BCUT2D eigenvalue weighted by Gasteiger charge is 2.18. The first-order valence-electron chi connectivity index (χ1n) is 7.95. The van der Waals surface area contributed by atoms with E-state index in [9.17, 15) is 18.3 Å². The van der Waals surface area contributed by atoms with E-state index in [2.05, 4.69) is 10.0 Å². The lowest BCUT2D eigenvalue weighted by atomic mass is 10.2. The Bertz CT molecular complexity index is 879. The minimum absolute atomic E-state index is 0.0334. The van der Waals surface area contributed by atoms with Crippen LogP contribution in [0.5, 0.6) is 5.75 Å². The zero-order chi connectivity index (χ0) is 19.3. The van der Waals surface area contributed by atoms with E-state index in [1.807, 2.05) is 6.92 Å². The maximum atomic E-state index is 12.3. The van der Waals surface area contributed by atoms with Crippen LogP contribution in [0.1, 0.15) is 22.8 Å². The molecule has 7 nitrogen and oxygen atoms in total. The molecule has 2 aromatic carbocycles.